The summed E-state index contributed by atoms with van der Waals surface area (Å²) in [5.74, 6) is 0.734. The van der Waals surface area contributed by atoms with Crippen LogP contribution in [0.2, 0.25) is 0 Å². The molecule has 1 aromatic rings. The Morgan fingerprint density at radius 3 is 2.29 bits per heavy atom. The van der Waals surface area contributed by atoms with E-state index in [2.05, 4.69) is 35.2 Å². The number of rotatable bonds is 7. The van der Waals surface area contributed by atoms with E-state index < -0.39 is 5.41 Å². The van der Waals surface area contributed by atoms with Gasteiger partial charge in [0.1, 0.15) is 19.0 Å². The van der Waals surface area contributed by atoms with E-state index in [1.54, 1.807) is 0 Å². The SMILES string of the molecule is C.C.CCC(C)(C)C(=O)OCCOc1c(C)cc(C)cc1C(C)P. The minimum atomic E-state index is -0.431. The Morgan fingerprint density at radius 2 is 1.79 bits per heavy atom. The van der Waals surface area contributed by atoms with E-state index in [0.29, 0.717) is 12.3 Å². The number of ether oxygens (including phenoxy) is 2. The lowest BCUT2D eigenvalue weighted by molar-refractivity contribution is -0.154. The molecule has 0 saturated heterocycles. The predicted molar refractivity (Wildman–Crippen MR) is 108 cm³/mol. The van der Waals surface area contributed by atoms with Crippen LogP contribution in [-0.2, 0) is 9.53 Å². The van der Waals surface area contributed by atoms with E-state index in [1.165, 1.54) is 11.1 Å². The largest absolute Gasteiger partial charge is 0.489 e. The molecule has 0 aromatic heterocycles. The number of hydrogen-bond donors (Lipinski definition) is 0. The van der Waals surface area contributed by atoms with Crippen molar-refractivity contribution in [3.63, 3.8) is 0 Å². The Morgan fingerprint density at radius 1 is 1.21 bits per heavy atom. The molecule has 1 rings (SSSR count). The van der Waals surface area contributed by atoms with Crippen molar-refractivity contribution in [2.24, 2.45) is 5.41 Å². The summed E-state index contributed by atoms with van der Waals surface area (Å²) < 4.78 is 11.2. The maximum Gasteiger partial charge on any atom is 0.311 e. The molecule has 0 amide bonds. The van der Waals surface area contributed by atoms with Gasteiger partial charge in [-0.1, -0.05) is 46.4 Å². The monoisotopic (exact) mass is 356 g/mol. The number of carbonyl (C=O) groups is 1. The molecule has 0 aliphatic heterocycles. The molecule has 0 radical (unpaired) electrons. The standard InChI is InChI=1S/C18H29O3P.2CH4/c1-7-18(5,6)17(19)21-9-8-20-16-13(3)10-12(2)11-15(16)14(4)22;;/h10-11,14H,7-9,22H2,1-6H3;2*1H4. The third kappa shape index (κ3) is 6.81. The first-order chi connectivity index (χ1) is 10.2. The lowest BCUT2D eigenvalue weighted by Gasteiger charge is -2.21. The van der Waals surface area contributed by atoms with Crippen LogP contribution in [0.3, 0.4) is 0 Å². The van der Waals surface area contributed by atoms with Crippen LogP contribution in [-0.4, -0.2) is 19.2 Å². The zero-order valence-corrected chi connectivity index (χ0v) is 15.8. The minimum absolute atomic E-state index is 0. The van der Waals surface area contributed by atoms with Gasteiger partial charge in [0.15, 0.2) is 0 Å². The van der Waals surface area contributed by atoms with Gasteiger partial charge in [-0.05, 0) is 45.3 Å². The van der Waals surface area contributed by atoms with E-state index in [9.17, 15) is 4.79 Å². The van der Waals surface area contributed by atoms with Crippen LogP contribution in [0.4, 0.5) is 0 Å². The zero-order chi connectivity index (χ0) is 16.9. The van der Waals surface area contributed by atoms with Crippen LogP contribution in [0.25, 0.3) is 0 Å². The van der Waals surface area contributed by atoms with E-state index in [-0.39, 0.29) is 27.4 Å². The number of carbonyl (C=O) groups excluding carboxylic acids is 1. The van der Waals surface area contributed by atoms with Gasteiger partial charge in [-0.15, -0.1) is 9.24 Å². The third-order valence-electron chi connectivity index (χ3n) is 3.94. The Kier molecular flexibility index (Phi) is 11.2. The second kappa shape index (κ2) is 10.7. The van der Waals surface area contributed by atoms with Gasteiger partial charge in [0.2, 0.25) is 0 Å². The van der Waals surface area contributed by atoms with Gasteiger partial charge in [0.25, 0.3) is 0 Å². The van der Waals surface area contributed by atoms with Gasteiger partial charge in [-0.3, -0.25) is 4.79 Å². The maximum atomic E-state index is 11.9. The summed E-state index contributed by atoms with van der Waals surface area (Å²) in [6, 6.07) is 4.25. The van der Waals surface area contributed by atoms with E-state index in [0.717, 1.165) is 17.7 Å². The molecule has 1 aromatic carbocycles. The lowest BCUT2D eigenvalue weighted by atomic mass is 9.91. The van der Waals surface area contributed by atoms with E-state index in [1.807, 2.05) is 27.7 Å². The Bertz CT molecular complexity index is 522. The van der Waals surface area contributed by atoms with Gasteiger partial charge >= 0.3 is 5.97 Å². The summed E-state index contributed by atoms with van der Waals surface area (Å²) in [5.41, 5.74) is 3.40. The van der Waals surface area contributed by atoms with Gasteiger partial charge in [0, 0.05) is 5.56 Å². The van der Waals surface area contributed by atoms with Crippen molar-refractivity contribution in [3.05, 3.63) is 28.8 Å². The van der Waals surface area contributed by atoms with Crippen molar-refractivity contribution in [3.8, 4) is 5.75 Å². The molecule has 24 heavy (non-hydrogen) atoms. The first-order valence-electron chi connectivity index (χ1n) is 7.85. The van der Waals surface area contributed by atoms with Crippen LogP contribution < -0.4 is 4.74 Å². The summed E-state index contributed by atoms with van der Waals surface area (Å²) in [6.45, 7) is 12.7. The average Bonchev–Trinajstić information content (AvgIpc) is 2.44. The first-order valence-corrected chi connectivity index (χ1v) is 8.52. The molecule has 0 aliphatic carbocycles. The molecule has 0 saturated carbocycles. The maximum absolute atomic E-state index is 11.9. The number of aryl methyl sites for hydroxylation is 2. The summed E-state index contributed by atoms with van der Waals surface area (Å²) in [5, 5.41) is 0. The molecule has 140 valence electrons. The van der Waals surface area contributed by atoms with Crippen molar-refractivity contribution in [1.29, 1.82) is 0 Å². The van der Waals surface area contributed by atoms with Crippen LogP contribution in [0.5, 0.6) is 5.75 Å². The zero-order valence-electron chi connectivity index (χ0n) is 14.7. The quantitative estimate of drug-likeness (QED) is 0.348. The van der Waals surface area contributed by atoms with Crippen molar-refractivity contribution in [1.82, 2.24) is 0 Å². The highest BCUT2D eigenvalue weighted by molar-refractivity contribution is 7.17. The normalized spacial score (nSPS) is 11.8. The predicted octanol–water partition coefficient (Wildman–Crippen LogP) is 5.87. The van der Waals surface area contributed by atoms with Gasteiger partial charge in [-0.25, -0.2) is 0 Å². The summed E-state index contributed by atoms with van der Waals surface area (Å²) in [7, 11) is 2.80. The topological polar surface area (TPSA) is 35.5 Å². The van der Waals surface area contributed by atoms with Crippen LogP contribution in [0.1, 0.15) is 71.3 Å². The van der Waals surface area contributed by atoms with Crippen LogP contribution in [0.15, 0.2) is 12.1 Å². The fraction of sp³-hybridized carbons (Fsp3) is 0.650. The molecule has 0 aliphatic rings. The minimum Gasteiger partial charge on any atom is -0.489 e. The Hall–Kier alpha value is -1.08. The van der Waals surface area contributed by atoms with Crippen LogP contribution in [0, 0.1) is 19.3 Å². The molecule has 0 N–H and O–H groups in total. The van der Waals surface area contributed by atoms with Gasteiger partial charge in [0.05, 0.1) is 5.41 Å². The Labute approximate surface area is 151 Å². The number of esters is 1. The van der Waals surface area contributed by atoms with E-state index in [4.69, 9.17) is 9.47 Å². The molecule has 2 unspecified atom stereocenters. The van der Waals surface area contributed by atoms with Crippen LogP contribution >= 0.6 is 9.24 Å². The van der Waals surface area contributed by atoms with E-state index >= 15 is 0 Å². The molecule has 0 heterocycles. The molecule has 0 fully saturated rings. The number of benzene rings is 1. The molecule has 0 bridgehead atoms. The van der Waals surface area contributed by atoms with Gasteiger partial charge < -0.3 is 9.47 Å². The molecular formula is C20H37O3P. The highest BCUT2D eigenvalue weighted by Gasteiger charge is 2.26. The molecule has 4 heteroatoms. The van der Waals surface area contributed by atoms with Crippen molar-refractivity contribution in [2.75, 3.05) is 13.2 Å². The van der Waals surface area contributed by atoms with Gasteiger partial charge in [-0.2, -0.15) is 0 Å². The highest BCUT2D eigenvalue weighted by atomic mass is 31.0. The summed E-state index contributed by atoms with van der Waals surface area (Å²) in [6.07, 6.45) is 0.762. The van der Waals surface area contributed by atoms with Crippen molar-refractivity contribution < 1.29 is 14.3 Å². The second-order valence-electron chi connectivity index (χ2n) is 6.51. The Balaban J connectivity index is 0. The third-order valence-corrected chi connectivity index (χ3v) is 4.30. The van der Waals surface area contributed by atoms with Crippen molar-refractivity contribution >= 4 is 15.2 Å². The fourth-order valence-electron chi connectivity index (χ4n) is 2.14. The van der Waals surface area contributed by atoms with Crippen molar-refractivity contribution in [2.45, 2.75) is 68.5 Å². The molecule has 2 atom stereocenters. The fourth-order valence-corrected chi connectivity index (χ4v) is 2.39. The number of hydrogen-bond acceptors (Lipinski definition) is 3. The summed E-state index contributed by atoms with van der Waals surface area (Å²) >= 11 is 0. The second-order valence-corrected chi connectivity index (χ2v) is 7.51. The molecular weight excluding hydrogens is 319 g/mol. The highest BCUT2D eigenvalue weighted by Crippen LogP contribution is 2.34. The summed E-state index contributed by atoms with van der Waals surface area (Å²) in [4.78, 5) is 11.9. The first kappa shape index (κ1) is 25.2. The average molecular weight is 356 g/mol. The smallest absolute Gasteiger partial charge is 0.311 e. The molecule has 0 spiro atoms. The lowest BCUT2D eigenvalue weighted by Crippen LogP contribution is -2.27. The molecule has 3 nitrogen and oxygen atoms in total.